The third kappa shape index (κ3) is 3.23. The SMILES string of the molecule is CCC(C)(CO)CN(CCO)C1CC1. The predicted molar refractivity (Wildman–Crippen MR) is 57.2 cm³/mol. The highest BCUT2D eigenvalue weighted by atomic mass is 16.3. The topological polar surface area (TPSA) is 43.7 Å². The van der Waals surface area contributed by atoms with Crippen molar-refractivity contribution in [1.29, 1.82) is 0 Å². The number of hydrogen-bond acceptors (Lipinski definition) is 3. The standard InChI is InChI=1S/C11H23NO2/c1-3-11(2,9-14)8-12(6-7-13)10-4-5-10/h10,13-14H,3-9H2,1-2H3. The molecule has 3 heteroatoms. The van der Waals surface area contributed by atoms with E-state index in [2.05, 4.69) is 18.7 Å². The van der Waals surface area contributed by atoms with Crippen molar-refractivity contribution in [2.24, 2.45) is 5.41 Å². The molecule has 3 nitrogen and oxygen atoms in total. The van der Waals surface area contributed by atoms with Crippen LogP contribution in [0.3, 0.4) is 0 Å². The largest absolute Gasteiger partial charge is 0.396 e. The van der Waals surface area contributed by atoms with Gasteiger partial charge < -0.3 is 10.2 Å². The van der Waals surface area contributed by atoms with Crippen LogP contribution < -0.4 is 0 Å². The number of hydrogen-bond donors (Lipinski definition) is 2. The minimum absolute atomic E-state index is 0.00222. The highest BCUT2D eigenvalue weighted by molar-refractivity contribution is 4.88. The zero-order chi connectivity index (χ0) is 10.6. The molecule has 1 atom stereocenters. The molecule has 14 heavy (non-hydrogen) atoms. The van der Waals surface area contributed by atoms with E-state index in [0.717, 1.165) is 19.5 Å². The zero-order valence-corrected chi connectivity index (χ0v) is 9.37. The highest BCUT2D eigenvalue weighted by Crippen LogP contribution is 2.31. The van der Waals surface area contributed by atoms with Gasteiger partial charge in [-0.15, -0.1) is 0 Å². The Labute approximate surface area is 86.7 Å². The maximum absolute atomic E-state index is 9.32. The van der Waals surface area contributed by atoms with Crippen molar-refractivity contribution in [1.82, 2.24) is 4.90 Å². The Balaban J connectivity index is 2.43. The van der Waals surface area contributed by atoms with Gasteiger partial charge in [0.05, 0.1) is 6.61 Å². The summed E-state index contributed by atoms with van der Waals surface area (Å²) in [4.78, 5) is 2.32. The molecular formula is C11H23NO2. The molecule has 0 spiro atoms. The Kier molecular flexibility index (Phi) is 4.35. The van der Waals surface area contributed by atoms with Gasteiger partial charge in [-0.05, 0) is 19.3 Å². The summed E-state index contributed by atoms with van der Waals surface area (Å²) in [6, 6.07) is 0.666. The molecule has 1 saturated carbocycles. The van der Waals surface area contributed by atoms with Gasteiger partial charge in [-0.3, -0.25) is 4.90 Å². The average Bonchev–Trinajstić information content (AvgIpc) is 3.00. The number of aliphatic hydroxyl groups excluding tert-OH is 2. The Hall–Kier alpha value is -0.120. The van der Waals surface area contributed by atoms with Crippen LogP contribution in [-0.4, -0.2) is 47.5 Å². The fourth-order valence-electron chi connectivity index (χ4n) is 1.72. The van der Waals surface area contributed by atoms with Gasteiger partial charge in [0, 0.05) is 31.2 Å². The first kappa shape index (κ1) is 12.0. The molecule has 0 radical (unpaired) electrons. The highest BCUT2D eigenvalue weighted by Gasteiger charge is 2.33. The molecule has 0 aromatic heterocycles. The quantitative estimate of drug-likeness (QED) is 0.642. The monoisotopic (exact) mass is 201 g/mol. The van der Waals surface area contributed by atoms with Crippen LogP contribution in [0.2, 0.25) is 0 Å². The van der Waals surface area contributed by atoms with Gasteiger partial charge in [-0.1, -0.05) is 13.8 Å². The van der Waals surface area contributed by atoms with Crippen LogP contribution >= 0.6 is 0 Å². The smallest absolute Gasteiger partial charge is 0.0558 e. The van der Waals surface area contributed by atoms with Crippen LogP contribution in [0.15, 0.2) is 0 Å². The van der Waals surface area contributed by atoms with Crippen LogP contribution in [0.25, 0.3) is 0 Å². The Morgan fingerprint density at radius 2 is 2.00 bits per heavy atom. The molecule has 0 saturated heterocycles. The van der Waals surface area contributed by atoms with Gasteiger partial charge >= 0.3 is 0 Å². The van der Waals surface area contributed by atoms with Crippen LogP contribution in [0.4, 0.5) is 0 Å². The van der Waals surface area contributed by atoms with Crippen LogP contribution in [-0.2, 0) is 0 Å². The normalized spacial score (nSPS) is 21.2. The molecule has 0 aliphatic heterocycles. The molecule has 1 rings (SSSR count). The lowest BCUT2D eigenvalue weighted by Gasteiger charge is -2.33. The van der Waals surface area contributed by atoms with E-state index in [0.29, 0.717) is 6.04 Å². The Morgan fingerprint density at radius 3 is 2.36 bits per heavy atom. The summed E-state index contributed by atoms with van der Waals surface area (Å²) >= 11 is 0. The molecule has 0 amide bonds. The van der Waals surface area contributed by atoms with E-state index in [9.17, 15) is 5.11 Å². The first-order valence-electron chi connectivity index (χ1n) is 5.61. The second-order valence-electron chi connectivity index (χ2n) is 4.75. The molecule has 0 bridgehead atoms. The number of rotatable bonds is 7. The second kappa shape index (κ2) is 5.10. The molecule has 1 unspecified atom stereocenters. The van der Waals surface area contributed by atoms with E-state index in [1.807, 2.05) is 0 Å². The van der Waals surface area contributed by atoms with Crippen molar-refractivity contribution in [2.75, 3.05) is 26.3 Å². The lowest BCUT2D eigenvalue weighted by atomic mass is 9.88. The van der Waals surface area contributed by atoms with Gasteiger partial charge in [0.2, 0.25) is 0 Å². The van der Waals surface area contributed by atoms with Crippen molar-refractivity contribution in [2.45, 2.75) is 39.2 Å². The number of nitrogens with zero attached hydrogens (tertiary/aromatic N) is 1. The van der Waals surface area contributed by atoms with Gasteiger partial charge in [-0.2, -0.15) is 0 Å². The average molecular weight is 201 g/mol. The lowest BCUT2D eigenvalue weighted by Crippen LogP contribution is -2.40. The summed E-state index contributed by atoms with van der Waals surface area (Å²) in [5.74, 6) is 0. The van der Waals surface area contributed by atoms with Gasteiger partial charge in [0.15, 0.2) is 0 Å². The zero-order valence-electron chi connectivity index (χ0n) is 9.37. The third-order valence-corrected chi connectivity index (χ3v) is 3.27. The van der Waals surface area contributed by atoms with E-state index in [4.69, 9.17) is 5.11 Å². The maximum Gasteiger partial charge on any atom is 0.0558 e. The summed E-state index contributed by atoms with van der Waals surface area (Å²) in [5.41, 5.74) is -0.00222. The van der Waals surface area contributed by atoms with E-state index in [-0.39, 0.29) is 18.6 Å². The molecule has 0 heterocycles. The summed E-state index contributed by atoms with van der Waals surface area (Å²) in [5, 5.41) is 18.3. The molecule has 0 aromatic rings. The van der Waals surface area contributed by atoms with Crippen molar-refractivity contribution >= 4 is 0 Å². The van der Waals surface area contributed by atoms with E-state index in [1.54, 1.807) is 0 Å². The molecule has 84 valence electrons. The van der Waals surface area contributed by atoms with Crippen LogP contribution in [0.1, 0.15) is 33.1 Å². The minimum atomic E-state index is -0.00222. The fraction of sp³-hybridized carbons (Fsp3) is 1.00. The van der Waals surface area contributed by atoms with Crippen LogP contribution in [0.5, 0.6) is 0 Å². The summed E-state index contributed by atoms with van der Waals surface area (Å²) in [6.45, 7) is 6.34. The summed E-state index contributed by atoms with van der Waals surface area (Å²) in [6.07, 6.45) is 3.49. The van der Waals surface area contributed by atoms with Gasteiger partial charge in [0.1, 0.15) is 0 Å². The third-order valence-electron chi connectivity index (χ3n) is 3.27. The summed E-state index contributed by atoms with van der Waals surface area (Å²) in [7, 11) is 0. The molecule has 1 aliphatic carbocycles. The van der Waals surface area contributed by atoms with E-state index < -0.39 is 0 Å². The van der Waals surface area contributed by atoms with Crippen LogP contribution in [0, 0.1) is 5.41 Å². The maximum atomic E-state index is 9.32. The predicted octanol–water partition coefficient (Wildman–Crippen LogP) is 0.852. The minimum Gasteiger partial charge on any atom is -0.396 e. The Bertz CT molecular complexity index is 165. The summed E-state index contributed by atoms with van der Waals surface area (Å²) < 4.78 is 0. The second-order valence-corrected chi connectivity index (χ2v) is 4.75. The Morgan fingerprint density at radius 1 is 1.36 bits per heavy atom. The van der Waals surface area contributed by atoms with Crippen molar-refractivity contribution in [3.8, 4) is 0 Å². The number of aliphatic hydroxyl groups is 2. The first-order chi connectivity index (χ1) is 6.65. The molecule has 1 fully saturated rings. The molecular weight excluding hydrogens is 178 g/mol. The molecule has 0 aromatic carbocycles. The first-order valence-corrected chi connectivity index (χ1v) is 5.61. The van der Waals surface area contributed by atoms with Crippen molar-refractivity contribution in [3.05, 3.63) is 0 Å². The fourth-order valence-corrected chi connectivity index (χ4v) is 1.72. The van der Waals surface area contributed by atoms with E-state index in [1.165, 1.54) is 12.8 Å². The van der Waals surface area contributed by atoms with Crippen molar-refractivity contribution in [3.63, 3.8) is 0 Å². The lowest BCUT2D eigenvalue weighted by molar-refractivity contribution is 0.0712. The molecule has 1 aliphatic rings. The van der Waals surface area contributed by atoms with Gasteiger partial charge in [-0.25, -0.2) is 0 Å². The van der Waals surface area contributed by atoms with Gasteiger partial charge in [0.25, 0.3) is 0 Å². The van der Waals surface area contributed by atoms with Crippen molar-refractivity contribution < 1.29 is 10.2 Å². The molecule has 2 N–H and O–H groups in total. The van der Waals surface area contributed by atoms with E-state index >= 15 is 0 Å².